The van der Waals surface area contributed by atoms with E-state index >= 15 is 0 Å². The first kappa shape index (κ1) is 16.4. The maximum Gasteiger partial charge on any atom is 0.127 e. The van der Waals surface area contributed by atoms with Crippen LogP contribution in [0.1, 0.15) is 31.4 Å². The van der Waals surface area contributed by atoms with Gasteiger partial charge in [-0.2, -0.15) is 0 Å². The van der Waals surface area contributed by atoms with Gasteiger partial charge in [-0.15, -0.1) is 0 Å². The standard InChI is InChI=1S/C16H24FNO3/c1-12(15-6-2-3-7-16(15)17)18-9-13(19)10-20-11-14-5-4-8-21-14/h2-3,6-7,12-14,18-19H,4-5,8-11H2,1H3/t12-,13?,14?/m1/s1. The van der Waals surface area contributed by atoms with Crippen LogP contribution in [0, 0.1) is 5.82 Å². The summed E-state index contributed by atoms with van der Waals surface area (Å²) in [5.74, 6) is -0.235. The monoisotopic (exact) mass is 297 g/mol. The molecule has 1 saturated heterocycles. The normalized spacial score (nSPS) is 21.4. The molecule has 5 heteroatoms. The summed E-state index contributed by atoms with van der Waals surface area (Å²) in [5, 5.41) is 13.0. The van der Waals surface area contributed by atoms with E-state index in [1.54, 1.807) is 18.2 Å². The first-order valence-electron chi connectivity index (χ1n) is 7.52. The van der Waals surface area contributed by atoms with E-state index in [-0.39, 0.29) is 24.6 Å². The number of ether oxygens (including phenoxy) is 2. The summed E-state index contributed by atoms with van der Waals surface area (Å²) >= 11 is 0. The predicted molar refractivity (Wildman–Crippen MR) is 78.6 cm³/mol. The van der Waals surface area contributed by atoms with Crippen LogP contribution in [-0.4, -0.2) is 43.7 Å². The molecule has 1 aromatic carbocycles. The lowest BCUT2D eigenvalue weighted by Gasteiger charge is -2.18. The fraction of sp³-hybridized carbons (Fsp3) is 0.625. The molecule has 0 radical (unpaired) electrons. The van der Waals surface area contributed by atoms with Crippen molar-refractivity contribution in [1.29, 1.82) is 0 Å². The van der Waals surface area contributed by atoms with Crippen LogP contribution in [0.5, 0.6) is 0 Å². The van der Waals surface area contributed by atoms with Gasteiger partial charge in [0.15, 0.2) is 0 Å². The number of aliphatic hydroxyl groups excluding tert-OH is 1. The van der Waals surface area contributed by atoms with E-state index in [1.165, 1.54) is 6.07 Å². The van der Waals surface area contributed by atoms with Gasteiger partial charge in [0.05, 0.1) is 25.4 Å². The van der Waals surface area contributed by atoms with Crippen LogP contribution in [0.4, 0.5) is 4.39 Å². The maximum atomic E-state index is 13.6. The molecule has 2 rings (SSSR count). The third-order valence-corrected chi connectivity index (χ3v) is 3.67. The van der Waals surface area contributed by atoms with Gasteiger partial charge in [0.25, 0.3) is 0 Å². The SMILES string of the molecule is C[C@@H](NCC(O)COCC1CCCO1)c1ccccc1F. The Labute approximate surface area is 125 Å². The summed E-state index contributed by atoms with van der Waals surface area (Å²) < 4.78 is 24.5. The molecule has 4 nitrogen and oxygen atoms in total. The molecular formula is C16H24FNO3. The topological polar surface area (TPSA) is 50.7 Å². The first-order valence-corrected chi connectivity index (χ1v) is 7.52. The Morgan fingerprint density at radius 3 is 3.00 bits per heavy atom. The van der Waals surface area contributed by atoms with Gasteiger partial charge < -0.3 is 19.9 Å². The molecule has 0 saturated carbocycles. The molecule has 0 bridgehead atoms. The van der Waals surface area contributed by atoms with E-state index in [2.05, 4.69) is 5.32 Å². The predicted octanol–water partition coefficient (Wildman–Crippen LogP) is 2.03. The second-order valence-corrected chi connectivity index (χ2v) is 5.48. The minimum Gasteiger partial charge on any atom is -0.389 e. The van der Waals surface area contributed by atoms with Crippen LogP contribution in [0.2, 0.25) is 0 Å². The summed E-state index contributed by atoms with van der Waals surface area (Å²) in [5.41, 5.74) is 0.602. The molecule has 0 aliphatic carbocycles. The Morgan fingerprint density at radius 1 is 1.48 bits per heavy atom. The van der Waals surface area contributed by atoms with Crippen LogP contribution < -0.4 is 5.32 Å². The molecule has 118 valence electrons. The summed E-state index contributed by atoms with van der Waals surface area (Å²) in [6.45, 7) is 3.83. The number of hydrogen-bond donors (Lipinski definition) is 2. The Hall–Kier alpha value is -1.01. The quantitative estimate of drug-likeness (QED) is 0.771. The molecule has 21 heavy (non-hydrogen) atoms. The molecule has 3 atom stereocenters. The molecular weight excluding hydrogens is 273 g/mol. The average Bonchev–Trinajstić information content (AvgIpc) is 2.98. The molecule has 0 spiro atoms. The van der Waals surface area contributed by atoms with Crippen molar-refractivity contribution in [1.82, 2.24) is 5.32 Å². The van der Waals surface area contributed by atoms with E-state index in [9.17, 15) is 9.50 Å². The van der Waals surface area contributed by atoms with Gasteiger partial charge >= 0.3 is 0 Å². The number of benzene rings is 1. The van der Waals surface area contributed by atoms with Crippen LogP contribution in [0.3, 0.4) is 0 Å². The fourth-order valence-corrected chi connectivity index (χ4v) is 2.42. The molecule has 1 aromatic rings. The minimum absolute atomic E-state index is 0.154. The highest BCUT2D eigenvalue weighted by Crippen LogP contribution is 2.16. The third-order valence-electron chi connectivity index (χ3n) is 3.67. The second-order valence-electron chi connectivity index (χ2n) is 5.48. The van der Waals surface area contributed by atoms with Crippen molar-refractivity contribution in [2.45, 2.75) is 38.0 Å². The molecule has 1 heterocycles. The van der Waals surface area contributed by atoms with E-state index in [0.29, 0.717) is 18.7 Å². The Balaban J connectivity index is 1.63. The van der Waals surface area contributed by atoms with Gasteiger partial charge in [-0.1, -0.05) is 18.2 Å². The van der Waals surface area contributed by atoms with Crippen LogP contribution in [0.25, 0.3) is 0 Å². The van der Waals surface area contributed by atoms with Crippen molar-refractivity contribution in [2.24, 2.45) is 0 Å². The molecule has 2 N–H and O–H groups in total. The number of rotatable bonds is 8. The Bertz CT molecular complexity index is 424. The highest BCUT2D eigenvalue weighted by molar-refractivity contribution is 5.20. The zero-order valence-electron chi connectivity index (χ0n) is 12.4. The zero-order valence-corrected chi connectivity index (χ0v) is 12.4. The Morgan fingerprint density at radius 2 is 2.29 bits per heavy atom. The molecule has 2 unspecified atom stereocenters. The van der Waals surface area contributed by atoms with Crippen LogP contribution >= 0.6 is 0 Å². The minimum atomic E-state index is -0.611. The number of aliphatic hydroxyl groups is 1. The van der Waals surface area contributed by atoms with E-state index in [0.717, 1.165) is 19.4 Å². The number of hydrogen-bond acceptors (Lipinski definition) is 4. The second kappa shape index (κ2) is 8.44. The van der Waals surface area contributed by atoms with E-state index < -0.39 is 6.10 Å². The van der Waals surface area contributed by atoms with Crippen molar-refractivity contribution >= 4 is 0 Å². The van der Waals surface area contributed by atoms with Crippen LogP contribution in [-0.2, 0) is 9.47 Å². The maximum absolute atomic E-state index is 13.6. The number of nitrogens with one attached hydrogen (secondary N) is 1. The summed E-state index contributed by atoms with van der Waals surface area (Å²) in [7, 11) is 0. The van der Waals surface area contributed by atoms with Crippen molar-refractivity contribution in [2.75, 3.05) is 26.4 Å². The molecule has 0 aromatic heterocycles. The highest BCUT2D eigenvalue weighted by Gasteiger charge is 2.16. The first-order chi connectivity index (χ1) is 10.2. The molecule has 0 amide bonds. The summed E-state index contributed by atoms with van der Waals surface area (Å²) in [6, 6.07) is 6.50. The molecule has 1 aliphatic heterocycles. The highest BCUT2D eigenvalue weighted by atomic mass is 19.1. The van der Waals surface area contributed by atoms with Gasteiger partial charge in [-0.25, -0.2) is 4.39 Å². The van der Waals surface area contributed by atoms with Gasteiger partial charge in [-0.3, -0.25) is 0 Å². The fourth-order valence-electron chi connectivity index (χ4n) is 2.42. The van der Waals surface area contributed by atoms with Gasteiger partial charge in [0.1, 0.15) is 5.82 Å². The van der Waals surface area contributed by atoms with Crippen molar-refractivity contribution in [3.63, 3.8) is 0 Å². The third kappa shape index (κ3) is 5.36. The van der Waals surface area contributed by atoms with E-state index in [1.807, 2.05) is 6.92 Å². The lowest BCUT2D eigenvalue weighted by atomic mass is 10.1. The summed E-state index contributed by atoms with van der Waals surface area (Å²) in [6.07, 6.45) is 1.67. The largest absolute Gasteiger partial charge is 0.389 e. The van der Waals surface area contributed by atoms with Crippen molar-refractivity contribution < 1.29 is 19.0 Å². The van der Waals surface area contributed by atoms with Crippen LogP contribution in [0.15, 0.2) is 24.3 Å². The van der Waals surface area contributed by atoms with Gasteiger partial charge in [0, 0.05) is 24.8 Å². The smallest absolute Gasteiger partial charge is 0.127 e. The molecule has 1 aliphatic rings. The number of halogens is 1. The van der Waals surface area contributed by atoms with Crippen molar-refractivity contribution in [3.05, 3.63) is 35.6 Å². The average molecular weight is 297 g/mol. The van der Waals surface area contributed by atoms with Crippen molar-refractivity contribution in [3.8, 4) is 0 Å². The molecule has 1 fully saturated rings. The van der Waals surface area contributed by atoms with E-state index in [4.69, 9.17) is 9.47 Å². The van der Waals surface area contributed by atoms with Gasteiger partial charge in [0.2, 0.25) is 0 Å². The Kier molecular flexibility index (Phi) is 6.57. The van der Waals surface area contributed by atoms with Gasteiger partial charge in [-0.05, 0) is 25.8 Å². The lowest BCUT2D eigenvalue weighted by Crippen LogP contribution is -2.33. The lowest BCUT2D eigenvalue weighted by molar-refractivity contribution is -0.0168. The zero-order chi connectivity index (χ0) is 15.1. The summed E-state index contributed by atoms with van der Waals surface area (Å²) in [4.78, 5) is 0.